The van der Waals surface area contributed by atoms with Crippen LogP contribution in [0.3, 0.4) is 0 Å². The number of hydrogen-bond acceptors (Lipinski definition) is 6. The number of rotatable bonds is 8. The number of carbonyl (C=O) groups is 2. The molecule has 37 heavy (non-hydrogen) atoms. The quantitative estimate of drug-likeness (QED) is 0.356. The Morgan fingerprint density at radius 3 is 2.43 bits per heavy atom. The first-order chi connectivity index (χ1) is 17.9. The number of fused-ring (bicyclic) bond motifs is 1. The number of carboxylic acid groups (broad SMARTS) is 1. The molecule has 1 aliphatic carbocycles. The molecule has 0 aliphatic heterocycles. The maximum atomic E-state index is 13.4. The van der Waals surface area contributed by atoms with Gasteiger partial charge in [0.05, 0.1) is 17.3 Å². The lowest BCUT2D eigenvalue weighted by molar-refractivity contribution is -0.144. The summed E-state index contributed by atoms with van der Waals surface area (Å²) in [5.74, 6) is -2.69. The summed E-state index contributed by atoms with van der Waals surface area (Å²) in [5, 5.41) is 18.8. The predicted molar refractivity (Wildman–Crippen MR) is 137 cm³/mol. The maximum Gasteiger partial charge on any atom is 0.307 e. The second kappa shape index (κ2) is 10.3. The Morgan fingerprint density at radius 2 is 1.70 bits per heavy atom. The normalized spacial score (nSPS) is 20.0. The van der Waals surface area contributed by atoms with Crippen molar-refractivity contribution < 1.29 is 19.4 Å². The first kappa shape index (κ1) is 24.4. The summed E-state index contributed by atoms with van der Waals surface area (Å²) in [5.41, 5.74) is 1.65. The van der Waals surface area contributed by atoms with E-state index in [2.05, 4.69) is 10.3 Å². The second-order valence-corrected chi connectivity index (χ2v) is 9.47. The molecule has 0 unspecified atom stereocenters. The number of nitrogens with zero attached hydrogens (tertiary/aromatic N) is 3. The molecule has 1 aromatic heterocycles. The van der Waals surface area contributed by atoms with Crippen molar-refractivity contribution in [2.75, 3.05) is 0 Å². The lowest BCUT2D eigenvalue weighted by Crippen LogP contribution is -2.37. The first-order valence-electron chi connectivity index (χ1n) is 12.3. The molecule has 188 valence electrons. The van der Waals surface area contributed by atoms with Crippen LogP contribution in [0.5, 0.6) is 5.75 Å². The van der Waals surface area contributed by atoms with Gasteiger partial charge < -0.3 is 9.84 Å². The Hall–Kier alpha value is -4.33. The molecule has 4 atom stereocenters. The van der Waals surface area contributed by atoms with Crippen molar-refractivity contribution in [3.8, 4) is 5.75 Å². The molecule has 0 amide bonds. The average molecular weight is 498 g/mol. The van der Waals surface area contributed by atoms with Crippen molar-refractivity contribution in [2.45, 2.75) is 32.4 Å². The van der Waals surface area contributed by atoms with Crippen molar-refractivity contribution in [1.82, 2.24) is 15.0 Å². The second-order valence-electron chi connectivity index (χ2n) is 9.47. The summed E-state index contributed by atoms with van der Waals surface area (Å²) in [4.78, 5) is 38.8. The van der Waals surface area contributed by atoms with Crippen LogP contribution < -0.4 is 10.3 Å². The minimum absolute atomic E-state index is 0.214. The number of carbonyl (C=O) groups excluding carboxylic acids is 1. The van der Waals surface area contributed by atoms with E-state index in [1.807, 2.05) is 30.3 Å². The van der Waals surface area contributed by atoms with Crippen LogP contribution in [-0.2, 0) is 11.4 Å². The maximum absolute atomic E-state index is 13.4. The van der Waals surface area contributed by atoms with Crippen LogP contribution in [0.25, 0.3) is 10.9 Å². The van der Waals surface area contributed by atoms with Crippen LogP contribution in [0.15, 0.2) is 83.7 Å². The summed E-state index contributed by atoms with van der Waals surface area (Å²) in [7, 11) is 0. The molecule has 8 heteroatoms. The number of aliphatic carboxylic acids is 1. The molecule has 0 bridgehead atoms. The number of aromatic nitrogens is 3. The minimum atomic E-state index is -1.04. The van der Waals surface area contributed by atoms with Gasteiger partial charge in [0.2, 0.25) is 0 Å². The molecule has 1 heterocycles. The Balaban J connectivity index is 1.33. The van der Waals surface area contributed by atoms with Gasteiger partial charge in [0, 0.05) is 11.5 Å². The molecular weight excluding hydrogens is 470 g/mol. The van der Waals surface area contributed by atoms with E-state index >= 15 is 0 Å². The van der Waals surface area contributed by atoms with Crippen molar-refractivity contribution in [1.29, 1.82) is 0 Å². The van der Waals surface area contributed by atoms with Gasteiger partial charge in [-0.05, 0) is 67.6 Å². The van der Waals surface area contributed by atoms with E-state index in [0.29, 0.717) is 41.7 Å². The highest BCUT2D eigenvalue weighted by Crippen LogP contribution is 2.44. The van der Waals surface area contributed by atoms with Gasteiger partial charge in [-0.25, -0.2) is 4.68 Å². The molecule has 0 spiro atoms. The average Bonchev–Trinajstić information content (AvgIpc) is 3.38. The Kier molecular flexibility index (Phi) is 6.81. The summed E-state index contributed by atoms with van der Waals surface area (Å²) < 4.78 is 7.06. The van der Waals surface area contributed by atoms with Crippen LogP contribution in [-0.4, -0.2) is 31.9 Å². The molecule has 3 aromatic carbocycles. The van der Waals surface area contributed by atoms with Crippen LogP contribution in [0.2, 0.25) is 0 Å². The van der Waals surface area contributed by atoms with E-state index in [0.717, 1.165) is 5.56 Å². The highest BCUT2D eigenvalue weighted by Gasteiger charge is 2.47. The third-order valence-electron chi connectivity index (χ3n) is 7.31. The Labute approximate surface area is 213 Å². The molecule has 1 saturated carbocycles. The molecule has 4 aromatic rings. The standard InChI is InChI=1S/C29H27N3O5/c1-18(32-28(34)23-9-5-6-10-25(23)30-31-32)22-15-16-24(26(22)29(35)36)27(33)20-11-13-21(14-12-20)37-17-19-7-3-2-4-8-19/h2-14,18,22,24,26H,15-17H2,1H3,(H,35,36)/t18-,22+,24+,26+/m1/s1. The van der Waals surface area contributed by atoms with Gasteiger partial charge >= 0.3 is 5.97 Å². The van der Waals surface area contributed by atoms with Crippen LogP contribution >= 0.6 is 0 Å². The predicted octanol–water partition coefficient (Wildman–Crippen LogP) is 4.54. The third-order valence-corrected chi connectivity index (χ3v) is 7.31. The zero-order valence-corrected chi connectivity index (χ0v) is 20.4. The zero-order valence-electron chi connectivity index (χ0n) is 20.4. The summed E-state index contributed by atoms with van der Waals surface area (Å²) in [6, 6.07) is 23.0. The van der Waals surface area contributed by atoms with E-state index in [1.54, 1.807) is 55.5 Å². The molecule has 0 saturated heterocycles. The van der Waals surface area contributed by atoms with Gasteiger partial charge in [-0.2, -0.15) is 0 Å². The van der Waals surface area contributed by atoms with E-state index in [9.17, 15) is 19.5 Å². The lowest BCUT2D eigenvalue weighted by Gasteiger charge is -2.26. The van der Waals surface area contributed by atoms with Crippen molar-refractivity contribution in [2.24, 2.45) is 17.8 Å². The smallest absolute Gasteiger partial charge is 0.307 e. The monoisotopic (exact) mass is 497 g/mol. The Morgan fingerprint density at radius 1 is 1.00 bits per heavy atom. The molecule has 1 fully saturated rings. The summed E-state index contributed by atoms with van der Waals surface area (Å²) in [6.07, 6.45) is 0.917. The number of ether oxygens (including phenoxy) is 1. The fraction of sp³-hybridized carbons (Fsp3) is 0.276. The van der Waals surface area contributed by atoms with Gasteiger partial charge in [0.15, 0.2) is 5.78 Å². The van der Waals surface area contributed by atoms with Crippen LogP contribution in [0.4, 0.5) is 0 Å². The fourth-order valence-corrected chi connectivity index (χ4v) is 5.34. The topological polar surface area (TPSA) is 111 Å². The third kappa shape index (κ3) is 4.87. The number of carboxylic acids is 1. The SMILES string of the molecule is C[C@H]([C@@H]1CC[C@H](C(=O)c2ccc(OCc3ccccc3)cc2)[C@H]1C(=O)O)n1nnc2ccccc2c1=O. The minimum Gasteiger partial charge on any atom is -0.489 e. The first-order valence-corrected chi connectivity index (χ1v) is 12.3. The number of ketones is 1. The molecule has 8 nitrogen and oxygen atoms in total. The van der Waals surface area contributed by atoms with E-state index < -0.39 is 29.8 Å². The highest BCUT2D eigenvalue weighted by atomic mass is 16.5. The fourth-order valence-electron chi connectivity index (χ4n) is 5.34. The zero-order chi connectivity index (χ0) is 25.9. The van der Waals surface area contributed by atoms with Crippen LogP contribution in [0, 0.1) is 17.8 Å². The van der Waals surface area contributed by atoms with E-state index in [4.69, 9.17) is 4.74 Å². The lowest BCUT2D eigenvalue weighted by atomic mass is 9.82. The van der Waals surface area contributed by atoms with Gasteiger partial charge in [0.1, 0.15) is 17.9 Å². The number of hydrogen-bond donors (Lipinski definition) is 1. The molecular formula is C29H27N3O5. The van der Waals surface area contributed by atoms with Crippen molar-refractivity contribution >= 4 is 22.7 Å². The van der Waals surface area contributed by atoms with Gasteiger partial charge in [-0.1, -0.05) is 47.7 Å². The highest BCUT2D eigenvalue weighted by molar-refractivity contribution is 6.00. The molecule has 1 N–H and O–H groups in total. The van der Waals surface area contributed by atoms with Gasteiger partial charge in [-0.3, -0.25) is 14.4 Å². The van der Waals surface area contributed by atoms with Gasteiger partial charge in [-0.15, -0.1) is 5.10 Å². The number of Topliss-reactive ketones (excluding diaryl/α,β-unsaturated/α-hetero) is 1. The Bertz CT molecular complexity index is 1480. The summed E-state index contributed by atoms with van der Waals surface area (Å²) >= 11 is 0. The van der Waals surface area contributed by atoms with E-state index in [1.165, 1.54) is 4.68 Å². The summed E-state index contributed by atoms with van der Waals surface area (Å²) in [6.45, 7) is 2.19. The number of benzene rings is 3. The molecule has 1 aliphatic rings. The van der Waals surface area contributed by atoms with Crippen molar-refractivity contribution in [3.63, 3.8) is 0 Å². The largest absolute Gasteiger partial charge is 0.489 e. The van der Waals surface area contributed by atoms with Crippen LogP contribution in [0.1, 0.15) is 41.7 Å². The van der Waals surface area contributed by atoms with Gasteiger partial charge in [0.25, 0.3) is 5.56 Å². The van der Waals surface area contributed by atoms with E-state index in [-0.39, 0.29) is 11.3 Å². The molecule has 0 radical (unpaired) electrons. The van der Waals surface area contributed by atoms with Crippen molar-refractivity contribution in [3.05, 3.63) is 100 Å². The molecule has 5 rings (SSSR count).